The standard InChI is InChI=1S/C14H16FNO/c15-12-3-1-2-11(8-12)14(17)16-13(9-4-5-9)10-6-7-10/h1-3,8-10,13H,4-7H2,(H,16,17). The van der Waals surface area contributed by atoms with Crippen LogP contribution in [-0.4, -0.2) is 11.9 Å². The lowest BCUT2D eigenvalue weighted by atomic mass is 10.1. The first kappa shape index (κ1) is 10.8. The first-order valence-electron chi connectivity index (χ1n) is 6.30. The number of halogens is 1. The van der Waals surface area contributed by atoms with Crippen LogP contribution in [0.5, 0.6) is 0 Å². The summed E-state index contributed by atoms with van der Waals surface area (Å²) in [6, 6.07) is 6.22. The van der Waals surface area contributed by atoms with E-state index in [-0.39, 0.29) is 11.7 Å². The van der Waals surface area contributed by atoms with E-state index < -0.39 is 0 Å². The molecular formula is C14H16FNO. The van der Waals surface area contributed by atoms with Crippen LogP contribution >= 0.6 is 0 Å². The summed E-state index contributed by atoms with van der Waals surface area (Å²) in [5, 5.41) is 3.08. The molecule has 3 heteroatoms. The summed E-state index contributed by atoms with van der Waals surface area (Å²) in [6.45, 7) is 0. The maximum absolute atomic E-state index is 13.0. The molecule has 90 valence electrons. The van der Waals surface area contributed by atoms with Gasteiger partial charge in [-0.1, -0.05) is 6.07 Å². The van der Waals surface area contributed by atoms with Crippen LogP contribution in [0.3, 0.4) is 0 Å². The van der Waals surface area contributed by atoms with Crippen LogP contribution in [0.2, 0.25) is 0 Å². The summed E-state index contributed by atoms with van der Waals surface area (Å²) in [4.78, 5) is 12.0. The predicted octanol–water partition coefficient (Wildman–Crippen LogP) is 2.74. The van der Waals surface area contributed by atoms with E-state index in [0.29, 0.717) is 23.4 Å². The van der Waals surface area contributed by atoms with Gasteiger partial charge in [0.05, 0.1) is 0 Å². The fraction of sp³-hybridized carbons (Fsp3) is 0.500. The molecule has 0 radical (unpaired) electrons. The van der Waals surface area contributed by atoms with Gasteiger partial charge in [-0.15, -0.1) is 0 Å². The Kier molecular flexibility index (Phi) is 2.61. The van der Waals surface area contributed by atoms with Crippen molar-refractivity contribution in [3.8, 4) is 0 Å². The fourth-order valence-electron chi connectivity index (χ4n) is 2.40. The molecular weight excluding hydrogens is 217 g/mol. The quantitative estimate of drug-likeness (QED) is 0.851. The molecule has 17 heavy (non-hydrogen) atoms. The van der Waals surface area contributed by atoms with Crippen molar-refractivity contribution in [3.63, 3.8) is 0 Å². The van der Waals surface area contributed by atoms with Gasteiger partial charge in [0.25, 0.3) is 5.91 Å². The van der Waals surface area contributed by atoms with Crippen LogP contribution in [0.15, 0.2) is 24.3 Å². The Balaban J connectivity index is 1.69. The van der Waals surface area contributed by atoms with Gasteiger partial charge in [0.15, 0.2) is 0 Å². The van der Waals surface area contributed by atoms with Gasteiger partial charge in [-0.3, -0.25) is 4.79 Å². The van der Waals surface area contributed by atoms with Crippen molar-refractivity contribution in [1.29, 1.82) is 0 Å². The van der Waals surface area contributed by atoms with Crippen LogP contribution in [0.1, 0.15) is 36.0 Å². The van der Waals surface area contributed by atoms with Gasteiger partial charge < -0.3 is 5.32 Å². The summed E-state index contributed by atoms with van der Waals surface area (Å²) in [5.74, 6) is 0.848. The van der Waals surface area contributed by atoms with Gasteiger partial charge in [-0.25, -0.2) is 4.39 Å². The first-order valence-corrected chi connectivity index (χ1v) is 6.30. The average molecular weight is 233 g/mol. The van der Waals surface area contributed by atoms with E-state index >= 15 is 0 Å². The second kappa shape index (κ2) is 4.13. The lowest BCUT2D eigenvalue weighted by molar-refractivity contribution is 0.0926. The van der Waals surface area contributed by atoms with Crippen molar-refractivity contribution in [2.24, 2.45) is 11.8 Å². The third kappa shape index (κ3) is 2.48. The second-order valence-electron chi connectivity index (χ2n) is 5.18. The number of carbonyl (C=O) groups is 1. The Morgan fingerprint density at radius 1 is 1.24 bits per heavy atom. The zero-order valence-corrected chi connectivity index (χ0v) is 9.66. The van der Waals surface area contributed by atoms with Crippen molar-refractivity contribution in [2.45, 2.75) is 31.7 Å². The average Bonchev–Trinajstić information content (AvgIpc) is 3.16. The molecule has 0 unspecified atom stereocenters. The lowest BCUT2D eigenvalue weighted by Crippen LogP contribution is -2.38. The van der Waals surface area contributed by atoms with E-state index in [9.17, 15) is 9.18 Å². The number of carbonyl (C=O) groups excluding carboxylic acids is 1. The van der Waals surface area contributed by atoms with Crippen LogP contribution in [0, 0.1) is 17.7 Å². The highest BCUT2D eigenvalue weighted by Crippen LogP contribution is 2.44. The monoisotopic (exact) mass is 233 g/mol. The smallest absolute Gasteiger partial charge is 0.251 e. The highest BCUT2D eigenvalue weighted by atomic mass is 19.1. The zero-order chi connectivity index (χ0) is 11.8. The molecule has 0 saturated heterocycles. The number of nitrogens with one attached hydrogen (secondary N) is 1. The van der Waals surface area contributed by atoms with Crippen molar-refractivity contribution < 1.29 is 9.18 Å². The van der Waals surface area contributed by atoms with E-state index in [1.807, 2.05) is 0 Å². The molecule has 3 rings (SSSR count). The lowest BCUT2D eigenvalue weighted by Gasteiger charge is -2.17. The van der Waals surface area contributed by atoms with Crippen molar-refractivity contribution in [2.75, 3.05) is 0 Å². The highest BCUT2D eigenvalue weighted by molar-refractivity contribution is 5.94. The summed E-state index contributed by atoms with van der Waals surface area (Å²) < 4.78 is 13.0. The molecule has 0 aliphatic heterocycles. The molecule has 0 spiro atoms. The van der Waals surface area contributed by atoms with Crippen molar-refractivity contribution >= 4 is 5.91 Å². The van der Waals surface area contributed by atoms with Crippen LogP contribution < -0.4 is 5.32 Å². The van der Waals surface area contributed by atoms with Crippen molar-refractivity contribution in [3.05, 3.63) is 35.6 Å². The van der Waals surface area contributed by atoms with Gasteiger partial charge >= 0.3 is 0 Å². The molecule has 0 bridgehead atoms. The topological polar surface area (TPSA) is 29.1 Å². The maximum atomic E-state index is 13.0. The first-order chi connectivity index (χ1) is 8.24. The summed E-state index contributed by atoms with van der Waals surface area (Å²) >= 11 is 0. The number of rotatable bonds is 4. The molecule has 1 amide bonds. The Morgan fingerprint density at radius 2 is 1.88 bits per heavy atom. The molecule has 1 aromatic carbocycles. The molecule has 2 saturated carbocycles. The molecule has 2 nitrogen and oxygen atoms in total. The molecule has 0 heterocycles. The number of hydrogen-bond donors (Lipinski definition) is 1. The second-order valence-corrected chi connectivity index (χ2v) is 5.18. The molecule has 2 fully saturated rings. The third-order valence-electron chi connectivity index (χ3n) is 3.64. The van der Waals surface area contributed by atoms with Gasteiger partial charge in [-0.2, -0.15) is 0 Å². The highest BCUT2D eigenvalue weighted by Gasteiger charge is 2.42. The fourth-order valence-corrected chi connectivity index (χ4v) is 2.40. The van der Waals surface area contributed by atoms with E-state index in [1.165, 1.54) is 37.8 Å². The van der Waals surface area contributed by atoms with E-state index in [1.54, 1.807) is 12.1 Å². The van der Waals surface area contributed by atoms with Crippen LogP contribution in [-0.2, 0) is 0 Å². The molecule has 1 N–H and O–H groups in total. The van der Waals surface area contributed by atoms with Gasteiger partial charge in [0.2, 0.25) is 0 Å². The zero-order valence-electron chi connectivity index (χ0n) is 9.66. The molecule has 0 aromatic heterocycles. The normalized spacial score (nSPS) is 19.4. The minimum atomic E-state index is -0.355. The SMILES string of the molecule is O=C(NC(C1CC1)C1CC1)c1cccc(F)c1. The summed E-state index contributed by atoms with van der Waals surface area (Å²) in [5.41, 5.74) is 0.427. The Morgan fingerprint density at radius 3 is 2.41 bits per heavy atom. The largest absolute Gasteiger partial charge is 0.349 e. The number of benzene rings is 1. The molecule has 2 aliphatic carbocycles. The minimum absolute atomic E-state index is 0.131. The molecule has 0 atom stereocenters. The Hall–Kier alpha value is -1.38. The number of hydrogen-bond acceptors (Lipinski definition) is 1. The minimum Gasteiger partial charge on any atom is -0.349 e. The van der Waals surface area contributed by atoms with Gasteiger partial charge in [0, 0.05) is 11.6 Å². The molecule has 1 aromatic rings. The maximum Gasteiger partial charge on any atom is 0.251 e. The number of amides is 1. The van der Waals surface area contributed by atoms with E-state index in [4.69, 9.17) is 0 Å². The Labute approximate surface area is 100 Å². The van der Waals surface area contributed by atoms with E-state index in [0.717, 1.165) is 0 Å². The Bertz CT molecular complexity index is 426. The predicted molar refractivity (Wildman–Crippen MR) is 63.1 cm³/mol. The van der Waals surface area contributed by atoms with Gasteiger partial charge in [0.1, 0.15) is 5.82 Å². The van der Waals surface area contributed by atoms with Crippen LogP contribution in [0.25, 0.3) is 0 Å². The summed E-state index contributed by atoms with van der Waals surface area (Å²) in [6.07, 6.45) is 4.91. The van der Waals surface area contributed by atoms with Crippen molar-refractivity contribution in [1.82, 2.24) is 5.32 Å². The van der Waals surface area contributed by atoms with Crippen LogP contribution in [0.4, 0.5) is 4.39 Å². The van der Waals surface area contributed by atoms with E-state index in [2.05, 4.69) is 5.32 Å². The molecule has 2 aliphatic rings. The summed E-state index contributed by atoms with van der Waals surface area (Å²) in [7, 11) is 0. The third-order valence-corrected chi connectivity index (χ3v) is 3.64. The van der Waals surface area contributed by atoms with Gasteiger partial charge in [-0.05, 0) is 55.7 Å².